The monoisotopic (exact) mass is 494 g/mol. The molecule has 1 aromatic heterocycles. The van der Waals surface area contributed by atoms with Crippen molar-refractivity contribution in [3.05, 3.63) is 88.7 Å². The van der Waals surface area contributed by atoms with Gasteiger partial charge in [0.25, 0.3) is 0 Å². The van der Waals surface area contributed by atoms with Gasteiger partial charge >= 0.3 is 0 Å². The van der Waals surface area contributed by atoms with E-state index >= 15 is 0 Å². The zero-order valence-electron chi connectivity index (χ0n) is 17.2. The van der Waals surface area contributed by atoms with E-state index in [1.54, 1.807) is 24.3 Å². The molecule has 1 N–H and O–H groups in total. The lowest BCUT2D eigenvalue weighted by Gasteiger charge is -2.07. The van der Waals surface area contributed by atoms with E-state index in [9.17, 15) is 17.6 Å². The molecule has 0 atom stereocenters. The van der Waals surface area contributed by atoms with Crippen molar-refractivity contribution in [1.82, 2.24) is 15.0 Å². The van der Waals surface area contributed by atoms with E-state index in [1.165, 1.54) is 28.9 Å². The molecule has 0 aliphatic rings. The Hall–Kier alpha value is -3.04. The molecule has 2 aromatic carbocycles. The molecule has 0 amide bonds. The van der Waals surface area contributed by atoms with Crippen molar-refractivity contribution in [2.24, 2.45) is 5.10 Å². The predicted molar refractivity (Wildman–Crippen MR) is 126 cm³/mol. The van der Waals surface area contributed by atoms with Crippen LogP contribution in [0.4, 0.5) is 17.6 Å². The SMILES string of the molecule is C=Nn1c(SCC(F)F)nc(-c2ccc(F)cc2Cl)c1/C=C/C(=C)NCc1ccc(F)cc1. The van der Waals surface area contributed by atoms with Crippen molar-refractivity contribution >= 4 is 36.2 Å². The number of nitrogens with one attached hydrogen (secondary N) is 1. The highest BCUT2D eigenvalue weighted by molar-refractivity contribution is 7.99. The van der Waals surface area contributed by atoms with Gasteiger partial charge in [0.2, 0.25) is 6.43 Å². The van der Waals surface area contributed by atoms with Crippen molar-refractivity contribution in [1.29, 1.82) is 0 Å². The predicted octanol–water partition coefficient (Wildman–Crippen LogP) is 6.62. The molecule has 3 rings (SSSR count). The molecule has 0 radical (unpaired) electrons. The number of alkyl halides is 2. The number of halogens is 5. The molecular formula is C23H19ClF4N4S. The topological polar surface area (TPSA) is 42.2 Å². The summed E-state index contributed by atoms with van der Waals surface area (Å²) in [5, 5.41) is 7.29. The summed E-state index contributed by atoms with van der Waals surface area (Å²) in [4.78, 5) is 4.41. The summed E-state index contributed by atoms with van der Waals surface area (Å²) in [5.41, 5.74) is 2.51. The highest BCUT2D eigenvalue weighted by Gasteiger charge is 2.20. The van der Waals surface area contributed by atoms with Crippen LogP contribution in [0.2, 0.25) is 5.02 Å². The second-order valence-electron chi connectivity index (χ2n) is 6.75. The van der Waals surface area contributed by atoms with Gasteiger partial charge in [0.05, 0.1) is 16.5 Å². The van der Waals surface area contributed by atoms with E-state index in [0.717, 1.165) is 23.4 Å². The summed E-state index contributed by atoms with van der Waals surface area (Å²) in [7, 11) is 0. The average Bonchev–Trinajstić information content (AvgIpc) is 3.13. The minimum Gasteiger partial charge on any atom is -0.381 e. The lowest BCUT2D eigenvalue weighted by Crippen LogP contribution is -2.10. The second-order valence-corrected chi connectivity index (χ2v) is 8.14. The minimum absolute atomic E-state index is 0.108. The maximum absolute atomic E-state index is 13.5. The van der Waals surface area contributed by atoms with Gasteiger partial charge in [-0.2, -0.15) is 5.10 Å². The van der Waals surface area contributed by atoms with Crippen LogP contribution in [0.3, 0.4) is 0 Å². The Balaban J connectivity index is 1.91. The van der Waals surface area contributed by atoms with Crippen LogP contribution in [0.5, 0.6) is 0 Å². The maximum atomic E-state index is 13.5. The van der Waals surface area contributed by atoms with Crippen molar-refractivity contribution < 1.29 is 17.6 Å². The Bertz CT molecular complexity index is 1180. The molecule has 33 heavy (non-hydrogen) atoms. The lowest BCUT2D eigenvalue weighted by atomic mass is 10.1. The van der Waals surface area contributed by atoms with Gasteiger partial charge in [0.1, 0.15) is 17.3 Å². The number of aromatic nitrogens is 2. The van der Waals surface area contributed by atoms with E-state index < -0.39 is 18.0 Å². The van der Waals surface area contributed by atoms with Crippen molar-refractivity contribution in [2.75, 3.05) is 5.75 Å². The molecule has 0 unspecified atom stereocenters. The number of thioether (sulfide) groups is 1. The highest BCUT2D eigenvalue weighted by atomic mass is 35.5. The van der Waals surface area contributed by atoms with Crippen LogP contribution >= 0.6 is 23.4 Å². The summed E-state index contributed by atoms with van der Waals surface area (Å²) in [6, 6.07) is 9.84. The molecule has 0 aliphatic heterocycles. The fraction of sp³-hybridized carbons (Fsp3) is 0.130. The molecule has 0 bridgehead atoms. The quantitative estimate of drug-likeness (QED) is 0.149. The number of hydrogen-bond acceptors (Lipinski definition) is 4. The number of nitrogens with zero attached hydrogens (tertiary/aromatic N) is 3. The van der Waals surface area contributed by atoms with Crippen LogP contribution in [-0.4, -0.2) is 28.6 Å². The van der Waals surface area contributed by atoms with Crippen LogP contribution < -0.4 is 5.32 Å². The molecule has 0 aliphatic carbocycles. The van der Waals surface area contributed by atoms with Crippen LogP contribution in [0, 0.1) is 11.6 Å². The van der Waals surface area contributed by atoms with Gasteiger partial charge in [-0.25, -0.2) is 27.2 Å². The first kappa shape index (κ1) is 24.6. The van der Waals surface area contributed by atoms with Crippen LogP contribution in [0.15, 0.2) is 71.1 Å². The number of hydrogen-bond donors (Lipinski definition) is 1. The fourth-order valence-electron chi connectivity index (χ4n) is 2.86. The lowest BCUT2D eigenvalue weighted by molar-refractivity contribution is 0.176. The van der Waals surface area contributed by atoms with Crippen LogP contribution in [0.25, 0.3) is 17.3 Å². The smallest absolute Gasteiger partial charge is 0.248 e. The Morgan fingerprint density at radius 3 is 2.52 bits per heavy atom. The normalized spacial score (nSPS) is 11.3. The third-order valence-corrected chi connectivity index (χ3v) is 5.65. The minimum atomic E-state index is -2.54. The van der Waals surface area contributed by atoms with E-state index in [1.807, 2.05) is 0 Å². The number of imidazole rings is 1. The van der Waals surface area contributed by atoms with Gasteiger partial charge in [-0.05, 0) is 48.0 Å². The first-order chi connectivity index (χ1) is 15.8. The summed E-state index contributed by atoms with van der Waals surface area (Å²) in [5.74, 6) is -1.33. The number of rotatable bonds is 10. The van der Waals surface area contributed by atoms with E-state index in [4.69, 9.17) is 11.6 Å². The molecule has 0 saturated heterocycles. The molecule has 0 spiro atoms. The fourth-order valence-corrected chi connectivity index (χ4v) is 3.82. The molecule has 1 heterocycles. The Kier molecular flexibility index (Phi) is 8.35. The Morgan fingerprint density at radius 2 is 1.88 bits per heavy atom. The standard InChI is InChI=1S/C23H19ClF4N4S/c1-14(30-12-15-4-6-16(25)7-5-15)3-10-20-22(18-9-8-17(26)11-19(18)24)31-23(32(20)29-2)33-13-21(27)28/h3-11,21,30H,1-2,12-13H2/b10-3+. The van der Waals surface area contributed by atoms with E-state index in [-0.39, 0.29) is 16.0 Å². The van der Waals surface area contributed by atoms with Crippen molar-refractivity contribution in [3.8, 4) is 11.3 Å². The van der Waals surface area contributed by atoms with Gasteiger partial charge in [-0.3, -0.25) is 0 Å². The highest BCUT2D eigenvalue weighted by Crippen LogP contribution is 2.34. The van der Waals surface area contributed by atoms with Crippen molar-refractivity contribution in [3.63, 3.8) is 0 Å². The van der Waals surface area contributed by atoms with Gasteiger partial charge < -0.3 is 5.32 Å². The van der Waals surface area contributed by atoms with E-state index in [0.29, 0.717) is 29.2 Å². The number of allylic oxidation sites excluding steroid dienone is 1. The molecule has 3 aromatic rings. The summed E-state index contributed by atoms with van der Waals surface area (Å²) in [6.07, 6.45) is 0.727. The molecular weight excluding hydrogens is 476 g/mol. The summed E-state index contributed by atoms with van der Waals surface area (Å²) >= 11 is 7.03. The third-order valence-electron chi connectivity index (χ3n) is 4.40. The Morgan fingerprint density at radius 1 is 1.18 bits per heavy atom. The molecule has 0 saturated carbocycles. The van der Waals surface area contributed by atoms with E-state index in [2.05, 4.69) is 28.7 Å². The molecule has 4 nitrogen and oxygen atoms in total. The summed E-state index contributed by atoms with van der Waals surface area (Å²) in [6.45, 7) is 7.85. The van der Waals surface area contributed by atoms with Crippen LogP contribution in [-0.2, 0) is 6.54 Å². The largest absolute Gasteiger partial charge is 0.381 e. The summed E-state index contributed by atoms with van der Waals surface area (Å²) < 4.78 is 53.5. The zero-order chi connectivity index (χ0) is 24.0. The number of benzene rings is 2. The third kappa shape index (κ3) is 6.49. The average molecular weight is 495 g/mol. The molecule has 172 valence electrons. The maximum Gasteiger partial charge on any atom is 0.248 e. The van der Waals surface area contributed by atoms with Gasteiger partial charge in [-0.1, -0.05) is 42.1 Å². The van der Waals surface area contributed by atoms with Gasteiger partial charge in [-0.15, -0.1) is 0 Å². The van der Waals surface area contributed by atoms with Crippen molar-refractivity contribution in [2.45, 2.75) is 18.1 Å². The molecule has 0 fully saturated rings. The zero-order valence-corrected chi connectivity index (χ0v) is 18.8. The van der Waals surface area contributed by atoms with Gasteiger partial charge in [0.15, 0.2) is 5.16 Å². The first-order valence-corrected chi connectivity index (χ1v) is 11.0. The Labute approximate surface area is 197 Å². The second kappa shape index (κ2) is 11.2. The van der Waals surface area contributed by atoms with Crippen LogP contribution in [0.1, 0.15) is 11.3 Å². The molecule has 10 heteroatoms. The first-order valence-electron chi connectivity index (χ1n) is 9.60. The van der Waals surface area contributed by atoms with Gasteiger partial charge in [0, 0.05) is 24.5 Å².